The summed E-state index contributed by atoms with van der Waals surface area (Å²) in [4.78, 5) is 26.0. The second-order valence-corrected chi connectivity index (χ2v) is 6.89. The summed E-state index contributed by atoms with van der Waals surface area (Å²) in [5.41, 5.74) is 0.0756. The van der Waals surface area contributed by atoms with E-state index in [4.69, 9.17) is 9.15 Å². The summed E-state index contributed by atoms with van der Waals surface area (Å²) in [6, 6.07) is 7.36. The Morgan fingerprint density at radius 1 is 1.24 bits per heavy atom. The van der Waals surface area contributed by atoms with E-state index in [1.165, 1.54) is 36.4 Å². The van der Waals surface area contributed by atoms with Crippen molar-refractivity contribution in [3.05, 3.63) is 64.3 Å². The van der Waals surface area contributed by atoms with Crippen LogP contribution < -0.4 is 10.2 Å². The third-order valence-electron chi connectivity index (χ3n) is 5.04. The average Bonchev–Trinajstić information content (AvgIpc) is 3.16. The Hall–Kier alpha value is -3.39. The topological polar surface area (TPSA) is 100 Å². The first-order valence-corrected chi connectivity index (χ1v) is 9.10. The Kier molecular flexibility index (Phi) is 4.94. The number of hydrogen-bond acceptors (Lipinski definition) is 6. The minimum atomic E-state index is -0.918. The highest BCUT2D eigenvalue weighted by Crippen LogP contribution is 2.31. The molecule has 0 amide bonds. The minimum Gasteiger partial charge on any atom is -0.507 e. The van der Waals surface area contributed by atoms with Crippen molar-refractivity contribution >= 4 is 16.9 Å². The molecule has 2 aromatic carbocycles. The number of fused-ring (bicyclic) bond motifs is 1. The number of carboxylic acid groups (broad SMARTS) is 1. The molecule has 7 nitrogen and oxygen atoms in total. The molecule has 0 bridgehead atoms. The van der Waals surface area contributed by atoms with Gasteiger partial charge in [-0.2, -0.15) is 0 Å². The van der Waals surface area contributed by atoms with E-state index in [-0.39, 0.29) is 34.8 Å². The van der Waals surface area contributed by atoms with E-state index in [1.807, 2.05) is 0 Å². The summed E-state index contributed by atoms with van der Waals surface area (Å²) in [7, 11) is 0. The molecule has 8 heteroatoms. The van der Waals surface area contributed by atoms with Crippen LogP contribution in [0, 0.1) is 5.82 Å². The van der Waals surface area contributed by atoms with Gasteiger partial charge in [0, 0.05) is 6.54 Å². The van der Waals surface area contributed by atoms with Crippen LogP contribution >= 0.6 is 0 Å². The lowest BCUT2D eigenvalue weighted by Crippen LogP contribution is -2.35. The lowest BCUT2D eigenvalue weighted by atomic mass is 10.1. The Labute approximate surface area is 164 Å². The fourth-order valence-electron chi connectivity index (χ4n) is 3.58. The Morgan fingerprint density at radius 2 is 2.00 bits per heavy atom. The predicted octanol–water partition coefficient (Wildman–Crippen LogP) is 3.48. The van der Waals surface area contributed by atoms with Crippen LogP contribution in [0.15, 0.2) is 51.9 Å². The number of carbonyl (C=O) groups is 1. The smallest absolute Gasteiger partial charge is 0.320 e. The summed E-state index contributed by atoms with van der Waals surface area (Å²) < 4.78 is 24.1. The van der Waals surface area contributed by atoms with Gasteiger partial charge in [-0.15, -0.1) is 0 Å². The SMILES string of the molecule is O=C(O)[C@@H]1CCCN1Cc1c(O)ccc2c(=O)c(Oc3ccc(F)cc3)coc12. The molecule has 0 aliphatic carbocycles. The van der Waals surface area contributed by atoms with Crippen molar-refractivity contribution in [1.82, 2.24) is 4.90 Å². The third-order valence-corrected chi connectivity index (χ3v) is 5.04. The van der Waals surface area contributed by atoms with Crippen molar-refractivity contribution in [2.45, 2.75) is 25.4 Å². The molecule has 2 N–H and O–H groups in total. The number of ether oxygens (including phenoxy) is 1. The number of nitrogens with zero attached hydrogens (tertiary/aromatic N) is 1. The van der Waals surface area contributed by atoms with Gasteiger partial charge in [-0.1, -0.05) is 0 Å². The van der Waals surface area contributed by atoms with Gasteiger partial charge in [-0.05, 0) is 55.8 Å². The van der Waals surface area contributed by atoms with Crippen molar-refractivity contribution in [3.8, 4) is 17.2 Å². The standard InChI is InChI=1S/C21H18FNO6/c22-12-3-5-13(6-4-12)29-18-11-28-20-14(19(18)25)7-8-17(24)15(20)10-23-9-1-2-16(23)21(26)27/h3-8,11,16,24H,1-2,9-10H2,(H,26,27)/t16-/m0/s1. The fourth-order valence-corrected chi connectivity index (χ4v) is 3.58. The number of benzene rings is 2. The van der Waals surface area contributed by atoms with E-state index in [0.29, 0.717) is 18.5 Å². The molecule has 1 atom stereocenters. The molecule has 3 aromatic rings. The summed E-state index contributed by atoms with van der Waals surface area (Å²) in [6.07, 6.45) is 2.40. The highest BCUT2D eigenvalue weighted by atomic mass is 19.1. The van der Waals surface area contributed by atoms with E-state index < -0.39 is 23.3 Å². The second kappa shape index (κ2) is 7.56. The van der Waals surface area contributed by atoms with E-state index in [9.17, 15) is 24.2 Å². The van der Waals surface area contributed by atoms with Crippen molar-refractivity contribution in [2.24, 2.45) is 0 Å². The maximum atomic E-state index is 13.0. The monoisotopic (exact) mass is 399 g/mol. The van der Waals surface area contributed by atoms with E-state index in [1.54, 1.807) is 4.90 Å². The molecule has 4 rings (SSSR count). The number of hydrogen-bond donors (Lipinski definition) is 2. The third kappa shape index (κ3) is 3.66. The molecular weight excluding hydrogens is 381 g/mol. The number of aliphatic carboxylic acids is 1. The largest absolute Gasteiger partial charge is 0.507 e. The van der Waals surface area contributed by atoms with Crippen molar-refractivity contribution in [2.75, 3.05) is 6.54 Å². The van der Waals surface area contributed by atoms with Crippen molar-refractivity contribution in [1.29, 1.82) is 0 Å². The van der Waals surface area contributed by atoms with Gasteiger partial charge in [0.05, 0.1) is 10.9 Å². The van der Waals surface area contributed by atoms with Gasteiger partial charge in [0.25, 0.3) is 0 Å². The van der Waals surface area contributed by atoms with Crippen LogP contribution in [0.5, 0.6) is 17.2 Å². The normalized spacial score (nSPS) is 16.9. The highest BCUT2D eigenvalue weighted by Gasteiger charge is 2.31. The summed E-state index contributed by atoms with van der Waals surface area (Å²) in [5, 5.41) is 19.9. The molecule has 0 unspecified atom stereocenters. The number of likely N-dealkylation sites (tertiary alicyclic amines) is 1. The second-order valence-electron chi connectivity index (χ2n) is 6.89. The van der Waals surface area contributed by atoms with Gasteiger partial charge in [-0.25, -0.2) is 4.39 Å². The first kappa shape index (κ1) is 18.9. The molecule has 0 spiro atoms. The van der Waals surface area contributed by atoms with E-state index >= 15 is 0 Å². The molecule has 1 aliphatic rings. The maximum Gasteiger partial charge on any atom is 0.320 e. The zero-order chi connectivity index (χ0) is 20.5. The number of phenolic OH excluding ortho intramolecular Hbond substituents is 1. The van der Waals surface area contributed by atoms with Crippen molar-refractivity contribution < 1.29 is 28.6 Å². The van der Waals surface area contributed by atoms with Crippen LogP contribution in [0.2, 0.25) is 0 Å². The zero-order valence-corrected chi connectivity index (χ0v) is 15.3. The van der Waals surface area contributed by atoms with Gasteiger partial charge in [0.1, 0.15) is 35.2 Å². The number of halogens is 1. The van der Waals surface area contributed by atoms with Gasteiger partial charge in [0.15, 0.2) is 0 Å². The quantitative estimate of drug-likeness (QED) is 0.677. The summed E-state index contributed by atoms with van der Waals surface area (Å²) in [5.74, 6) is -1.23. The van der Waals surface area contributed by atoms with E-state index in [2.05, 4.69) is 0 Å². The van der Waals surface area contributed by atoms with Gasteiger partial charge >= 0.3 is 5.97 Å². The molecule has 1 fully saturated rings. The maximum absolute atomic E-state index is 13.0. The molecule has 0 saturated carbocycles. The average molecular weight is 399 g/mol. The highest BCUT2D eigenvalue weighted by molar-refractivity contribution is 5.83. The van der Waals surface area contributed by atoms with E-state index in [0.717, 1.165) is 12.7 Å². The molecule has 1 aliphatic heterocycles. The first-order valence-electron chi connectivity index (χ1n) is 9.10. The molecular formula is C21H18FNO6. The molecule has 150 valence electrons. The molecule has 1 saturated heterocycles. The number of rotatable bonds is 5. The van der Waals surface area contributed by atoms with Crippen LogP contribution in [0.25, 0.3) is 11.0 Å². The lowest BCUT2D eigenvalue weighted by molar-refractivity contribution is -0.142. The van der Waals surface area contributed by atoms with Crippen molar-refractivity contribution in [3.63, 3.8) is 0 Å². The van der Waals surface area contributed by atoms with Crippen LogP contribution in [0.3, 0.4) is 0 Å². The molecule has 29 heavy (non-hydrogen) atoms. The van der Waals surface area contributed by atoms with Gasteiger partial charge in [-0.3, -0.25) is 14.5 Å². The van der Waals surface area contributed by atoms with Crippen LogP contribution in [0.4, 0.5) is 4.39 Å². The fraction of sp³-hybridized carbons (Fsp3) is 0.238. The predicted molar refractivity (Wildman–Crippen MR) is 102 cm³/mol. The van der Waals surface area contributed by atoms with Crippen LogP contribution in [-0.2, 0) is 11.3 Å². The first-order chi connectivity index (χ1) is 13.9. The van der Waals surface area contributed by atoms with Gasteiger partial charge < -0.3 is 19.4 Å². The Bertz CT molecular complexity index is 1120. The Morgan fingerprint density at radius 3 is 2.72 bits per heavy atom. The van der Waals surface area contributed by atoms with Crippen LogP contribution in [0.1, 0.15) is 18.4 Å². The summed E-state index contributed by atoms with van der Waals surface area (Å²) >= 11 is 0. The van der Waals surface area contributed by atoms with Crippen LogP contribution in [-0.4, -0.2) is 33.7 Å². The molecule has 1 aromatic heterocycles. The summed E-state index contributed by atoms with van der Waals surface area (Å²) in [6.45, 7) is 0.712. The number of aromatic hydroxyl groups is 1. The Balaban J connectivity index is 1.70. The number of carboxylic acids is 1. The zero-order valence-electron chi connectivity index (χ0n) is 15.3. The molecule has 0 radical (unpaired) electrons. The minimum absolute atomic E-state index is 0.0784. The lowest BCUT2D eigenvalue weighted by Gasteiger charge is -2.21. The number of phenols is 1. The molecule has 2 heterocycles. The van der Waals surface area contributed by atoms with Gasteiger partial charge in [0.2, 0.25) is 11.2 Å².